The molecule has 1 aromatic carbocycles. The molecule has 152 valence electrons. The Morgan fingerprint density at radius 3 is 2.80 bits per heavy atom. The zero-order valence-electron chi connectivity index (χ0n) is 16.4. The summed E-state index contributed by atoms with van der Waals surface area (Å²) in [5.74, 6) is -0.284. The van der Waals surface area contributed by atoms with Gasteiger partial charge in [-0.05, 0) is 36.3 Å². The lowest BCUT2D eigenvalue weighted by atomic mass is 9.99. The van der Waals surface area contributed by atoms with E-state index in [2.05, 4.69) is 5.32 Å². The third-order valence-corrected chi connectivity index (χ3v) is 7.64. The van der Waals surface area contributed by atoms with Crippen LogP contribution in [0.4, 0.5) is 5.00 Å². The van der Waals surface area contributed by atoms with Gasteiger partial charge in [-0.3, -0.25) is 19.5 Å². The maximum atomic E-state index is 13.0. The molecule has 0 saturated heterocycles. The summed E-state index contributed by atoms with van der Waals surface area (Å²) in [5, 5.41) is 5.80. The minimum atomic E-state index is -0.153. The number of benzene rings is 1. The van der Waals surface area contributed by atoms with Crippen molar-refractivity contribution in [3.8, 4) is 0 Å². The van der Waals surface area contributed by atoms with Gasteiger partial charge in [0.1, 0.15) is 18.1 Å². The van der Waals surface area contributed by atoms with Crippen LogP contribution in [-0.4, -0.2) is 30.6 Å². The topological polar surface area (TPSA) is 61.8 Å². The van der Waals surface area contributed by atoms with E-state index in [4.69, 9.17) is 4.99 Å². The number of hydrogen-bond donors (Lipinski definition) is 1. The van der Waals surface area contributed by atoms with Crippen LogP contribution in [-0.2, 0) is 29.0 Å². The lowest BCUT2D eigenvalue weighted by molar-refractivity contribution is -0.123. The normalized spacial score (nSPS) is 15.4. The van der Waals surface area contributed by atoms with Gasteiger partial charge in [0.2, 0.25) is 11.8 Å². The lowest BCUT2D eigenvalue weighted by Gasteiger charge is -2.20. The van der Waals surface area contributed by atoms with E-state index in [9.17, 15) is 9.59 Å². The van der Waals surface area contributed by atoms with Gasteiger partial charge in [0.15, 0.2) is 0 Å². The highest BCUT2D eigenvalue weighted by molar-refractivity contribution is 7.17. The summed E-state index contributed by atoms with van der Waals surface area (Å²) >= 11 is 3.26. The molecule has 0 atom stereocenters. The van der Waals surface area contributed by atoms with Crippen molar-refractivity contribution in [3.63, 3.8) is 0 Å². The Balaban J connectivity index is 1.47. The van der Waals surface area contributed by atoms with Crippen molar-refractivity contribution in [2.24, 2.45) is 4.99 Å². The number of hydrogen-bond acceptors (Lipinski definition) is 5. The molecule has 2 aliphatic rings. The summed E-state index contributed by atoms with van der Waals surface area (Å²) in [4.78, 5) is 34.4. The van der Waals surface area contributed by atoms with Gasteiger partial charge in [-0.2, -0.15) is 0 Å². The highest BCUT2D eigenvalue weighted by atomic mass is 32.1. The highest BCUT2D eigenvalue weighted by Gasteiger charge is 2.33. The number of nitrogens with one attached hydrogen (secondary N) is 1. The van der Waals surface area contributed by atoms with Crippen LogP contribution in [0.25, 0.3) is 0 Å². The van der Waals surface area contributed by atoms with Crippen LogP contribution in [0.1, 0.15) is 32.9 Å². The molecule has 0 unspecified atom stereocenters. The first kappa shape index (κ1) is 19.2. The van der Waals surface area contributed by atoms with Crippen molar-refractivity contribution in [2.45, 2.75) is 25.8 Å². The van der Waals surface area contributed by atoms with E-state index in [-0.39, 0.29) is 24.9 Å². The summed E-state index contributed by atoms with van der Waals surface area (Å²) in [5.41, 5.74) is 4.25. The molecular formula is C23H21N3O2S2. The van der Waals surface area contributed by atoms with Crippen molar-refractivity contribution in [1.82, 2.24) is 5.32 Å². The summed E-state index contributed by atoms with van der Waals surface area (Å²) < 4.78 is 0. The summed E-state index contributed by atoms with van der Waals surface area (Å²) in [6.07, 6.45) is 3.16. The molecule has 5 rings (SSSR count). The molecule has 1 aliphatic heterocycles. The second-order valence-corrected chi connectivity index (χ2v) is 9.52. The molecule has 0 radical (unpaired) electrons. The fourth-order valence-electron chi connectivity index (χ4n) is 4.04. The zero-order valence-corrected chi connectivity index (χ0v) is 18.0. The minimum absolute atomic E-state index is 0.0220. The van der Waals surface area contributed by atoms with Crippen molar-refractivity contribution >= 4 is 45.2 Å². The lowest BCUT2D eigenvalue weighted by Crippen LogP contribution is -2.41. The van der Waals surface area contributed by atoms with Crippen molar-refractivity contribution < 1.29 is 9.59 Å². The Bertz CT molecular complexity index is 1120. The van der Waals surface area contributed by atoms with Crippen LogP contribution >= 0.6 is 22.7 Å². The molecule has 3 aromatic rings. The van der Waals surface area contributed by atoms with Crippen LogP contribution in [0, 0.1) is 0 Å². The maximum Gasteiger partial charge on any atom is 0.249 e. The van der Waals surface area contributed by atoms with Crippen molar-refractivity contribution in [3.05, 3.63) is 74.3 Å². The average Bonchev–Trinajstić information content (AvgIpc) is 3.48. The number of thiophene rings is 2. The molecule has 0 fully saturated rings. The first-order chi connectivity index (χ1) is 14.7. The fraction of sp³-hybridized carbons (Fsp3) is 0.261. The Morgan fingerprint density at radius 2 is 2.00 bits per heavy atom. The van der Waals surface area contributed by atoms with Gasteiger partial charge in [-0.15, -0.1) is 22.7 Å². The third-order valence-electron chi connectivity index (χ3n) is 5.45. The number of rotatable bonds is 5. The van der Waals surface area contributed by atoms with Gasteiger partial charge in [-0.1, -0.05) is 36.4 Å². The number of amides is 2. The molecule has 0 saturated carbocycles. The van der Waals surface area contributed by atoms with Crippen LogP contribution in [0.15, 0.2) is 52.8 Å². The first-order valence-corrected chi connectivity index (χ1v) is 11.7. The third kappa shape index (κ3) is 3.59. The monoisotopic (exact) mass is 435 g/mol. The van der Waals surface area contributed by atoms with Gasteiger partial charge in [-0.25, -0.2) is 0 Å². The van der Waals surface area contributed by atoms with Crippen molar-refractivity contribution in [2.75, 3.05) is 18.0 Å². The quantitative estimate of drug-likeness (QED) is 0.663. The van der Waals surface area contributed by atoms with E-state index in [0.29, 0.717) is 6.54 Å². The molecule has 5 nitrogen and oxygen atoms in total. The number of carbonyl (C=O) groups excluding carboxylic acids is 2. The second kappa shape index (κ2) is 8.16. The van der Waals surface area contributed by atoms with Crippen LogP contribution in [0.5, 0.6) is 0 Å². The molecule has 2 amide bonds. The molecule has 0 spiro atoms. The predicted octanol–water partition coefficient (Wildman–Crippen LogP) is 3.80. The van der Waals surface area contributed by atoms with E-state index in [1.807, 2.05) is 47.8 Å². The zero-order chi connectivity index (χ0) is 20.5. The SMILES string of the molecule is O=C(CN1C(=O)CN=C(c2ccccc2)c2c1sc1c2CCC1)NCc1cccs1. The number of fused-ring (bicyclic) bond motifs is 3. The van der Waals surface area contributed by atoms with Gasteiger partial charge in [0, 0.05) is 20.9 Å². The smallest absolute Gasteiger partial charge is 0.249 e. The number of nitrogens with zero attached hydrogens (tertiary/aromatic N) is 2. The van der Waals surface area contributed by atoms with E-state index in [1.54, 1.807) is 27.6 Å². The number of anilines is 1. The molecule has 2 aromatic heterocycles. The maximum absolute atomic E-state index is 13.0. The minimum Gasteiger partial charge on any atom is -0.350 e. The molecule has 30 heavy (non-hydrogen) atoms. The van der Waals surface area contributed by atoms with Gasteiger partial charge in [0.25, 0.3) is 0 Å². The van der Waals surface area contributed by atoms with E-state index in [0.717, 1.165) is 46.0 Å². The molecule has 1 aliphatic carbocycles. The Labute approximate surface area is 183 Å². The molecule has 1 N–H and O–H groups in total. The van der Waals surface area contributed by atoms with E-state index in [1.165, 1.54) is 10.4 Å². The number of aryl methyl sites for hydroxylation is 1. The summed E-state index contributed by atoms with van der Waals surface area (Å²) in [6, 6.07) is 14.0. The van der Waals surface area contributed by atoms with E-state index >= 15 is 0 Å². The van der Waals surface area contributed by atoms with Crippen molar-refractivity contribution in [1.29, 1.82) is 0 Å². The van der Waals surface area contributed by atoms with Crippen LogP contribution < -0.4 is 10.2 Å². The fourth-order valence-corrected chi connectivity index (χ4v) is 6.09. The largest absolute Gasteiger partial charge is 0.350 e. The van der Waals surface area contributed by atoms with Gasteiger partial charge < -0.3 is 5.32 Å². The Morgan fingerprint density at radius 1 is 1.13 bits per heavy atom. The van der Waals surface area contributed by atoms with Gasteiger partial charge >= 0.3 is 0 Å². The number of carbonyl (C=O) groups is 2. The summed E-state index contributed by atoms with van der Waals surface area (Å²) in [7, 11) is 0. The first-order valence-electron chi connectivity index (χ1n) is 10.0. The molecule has 0 bridgehead atoms. The van der Waals surface area contributed by atoms with Crippen LogP contribution in [0.3, 0.4) is 0 Å². The Hall–Kier alpha value is -2.77. The highest BCUT2D eigenvalue weighted by Crippen LogP contribution is 2.43. The molecular weight excluding hydrogens is 414 g/mol. The Kier molecular flexibility index (Phi) is 5.23. The second-order valence-electron chi connectivity index (χ2n) is 7.40. The molecule has 7 heteroatoms. The van der Waals surface area contributed by atoms with Crippen LogP contribution in [0.2, 0.25) is 0 Å². The summed E-state index contributed by atoms with van der Waals surface area (Å²) in [6.45, 7) is 0.560. The predicted molar refractivity (Wildman–Crippen MR) is 122 cm³/mol. The standard InChI is InChI=1S/C23H21N3O2S2/c27-19(24-12-16-8-5-11-29-16)14-26-20(28)13-25-22(15-6-2-1-3-7-15)21-17-9-4-10-18(17)30-23(21)26/h1-3,5-8,11H,4,9-10,12-14H2,(H,24,27). The van der Waals surface area contributed by atoms with Gasteiger partial charge in [0.05, 0.1) is 12.3 Å². The average molecular weight is 436 g/mol. The number of aliphatic imine (C=N–C) groups is 1. The molecule has 3 heterocycles. The van der Waals surface area contributed by atoms with E-state index < -0.39 is 0 Å².